The molecule has 6 fully saturated rings. The van der Waals surface area contributed by atoms with Crippen LogP contribution in [0.1, 0.15) is 91.9 Å². The van der Waals surface area contributed by atoms with E-state index in [9.17, 15) is 15.3 Å². The van der Waals surface area contributed by atoms with E-state index in [0.29, 0.717) is 18.3 Å². The topological polar surface area (TPSA) is 98.3 Å². The summed E-state index contributed by atoms with van der Waals surface area (Å²) in [6.45, 7) is 8.17. The first kappa shape index (κ1) is 23.2. The van der Waals surface area contributed by atoms with E-state index in [0.717, 1.165) is 64.2 Å². The molecule has 0 spiro atoms. The highest BCUT2D eigenvalue weighted by atomic mass is 16.6. The molecular weight excluding hydrogens is 420 g/mol. The van der Waals surface area contributed by atoms with Gasteiger partial charge >= 0.3 is 0 Å². The van der Waals surface area contributed by atoms with Gasteiger partial charge in [0.25, 0.3) is 0 Å². The molecule has 3 aliphatic carbocycles. The Morgan fingerprint density at radius 3 is 1.15 bits per heavy atom. The van der Waals surface area contributed by atoms with Crippen molar-refractivity contribution >= 4 is 0 Å². The predicted molar refractivity (Wildman–Crippen MR) is 123 cm³/mol. The second kappa shape index (κ2) is 7.39. The molecule has 3 aliphatic heterocycles. The van der Waals surface area contributed by atoms with Gasteiger partial charge in [0.05, 0.1) is 54.9 Å². The molecule has 0 aromatic carbocycles. The first-order valence-electron chi connectivity index (χ1n) is 13.7. The molecule has 33 heavy (non-hydrogen) atoms. The van der Waals surface area contributed by atoms with Gasteiger partial charge < -0.3 is 29.5 Å². The maximum absolute atomic E-state index is 11.8. The van der Waals surface area contributed by atoms with Crippen molar-refractivity contribution in [2.45, 2.75) is 147 Å². The number of hydrogen-bond donors (Lipinski definition) is 3. The fraction of sp³-hybridized carbons (Fsp3) is 1.00. The molecule has 12 unspecified atom stereocenters. The van der Waals surface area contributed by atoms with Crippen molar-refractivity contribution in [2.75, 3.05) is 0 Å². The summed E-state index contributed by atoms with van der Waals surface area (Å²) in [6.07, 6.45) is 8.66. The molecule has 0 radical (unpaired) electrons. The van der Waals surface area contributed by atoms with Crippen molar-refractivity contribution in [3.05, 3.63) is 0 Å². The van der Waals surface area contributed by atoms with Crippen LogP contribution in [0.5, 0.6) is 0 Å². The van der Waals surface area contributed by atoms with Crippen LogP contribution in [-0.4, -0.2) is 70.3 Å². The van der Waals surface area contributed by atoms with E-state index in [4.69, 9.17) is 14.2 Å². The Bertz CT molecular complexity index is 685. The van der Waals surface area contributed by atoms with Crippen LogP contribution in [0.4, 0.5) is 0 Å². The lowest BCUT2D eigenvalue weighted by Gasteiger charge is -2.72. The van der Waals surface area contributed by atoms with Gasteiger partial charge in [0.15, 0.2) is 0 Å². The maximum atomic E-state index is 11.8. The SMILES string of the molecule is CCC(C1(C(C)O)CCC2OC2C1)(C1(C(C)O)CCC2OC2C1)C1(C(C)O)CCC2OC2C1. The second-order valence-electron chi connectivity index (χ2n) is 12.6. The number of epoxide rings is 3. The Kier molecular flexibility index (Phi) is 5.19. The summed E-state index contributed by atoms with van der Waals surface area (Å²) < 4.78 is 18.2. The van der Waals surface area contributed by atoms with Crippen molar-refractivity contribution in [2.24, 2.45) is 21.7 Å². The number of hydrogen-bond acceptors (Lipinski definition) is 6. The fourth-order valence-corrected chi connectivity index (χ4v) is 10.3. The Morgan fingerprint density at radius 2 is 0.939 bits per heavy atom. The minimum absolute atomic E-state index is 0.193. The summed E-state index contributed by atoms with van der Waals surface area (Å²) in [5.41, 5.74) is -1.77. The van der Waals surface area contributed by atoms with E-state index in [1.807, 2.05) is 20.8 Å². The third kappa shape index (κ3) is 2.88. The van der Waals surface area contributed by atoms with Gasteiger partial charge in [0.2, 0.25) is 0 Å². The van der Waals surface area contributed by atoms with Crippen molar-refractivity contribution in [3.63, 3.8) is 0 Å². The first-order valence-corrected chi connectivity index (χ1v) is 13.7. The van der Waals surface area contributed by atoms with Crippen LogP contribution >= 0.6 is 0 Å². The fourth-order valence-electron chi connectivity index (χ4n) is 10.3. The van der Waals surface area contributed by atoms with E-state index >= 15 is 0 Å². The Hall–Kier alpha value is -0.240. The lowest BCUT2D eigenvalue weighted by molar-refractivity contribution is -0.287. The van der Waals surface area contributed by atoms with Crippen molar-refractivity contribution < 1.29 is 29.5 Å². The van der Waals surface area contributed by atoms with Crippen LogP contribution < -0.4 is 0 Å². The molecule has 0 bridgehead atoms. The molecule has 3 saturated carbocycles. The van der Waals surface area contributed by atoms with E-state index < -0.39 is 40.0 Å². The molecular formula is C27H44O6. The predicted octanol–water partition coefficient (Wildman–Crippen LogP) is 3.34. The lowest BCUT2D eigenvalue weighted by atomic mass is 9.32. The Balaban J connectivity index is 1.60. The second-order valence-corrected chi connectivity index (χ2v) is 12.6. The molecule has 188 valence electrons. The van der Waals surface area contributed by atoms with Crippen LogP contribution in [-0.2, 0) is 14.2 Å². The summed E-state index contributed by atoms with van der Waals surface area (Å²) in [5.74, 6) is 0. The monoisotopic (exact) mass is 464 g/mol. The van der Waals surface area contributed by atoms with Crippen LogP contribution in [0, 0.1) is 21.7 Å². The number of rotatable bonds is 7. The zero-order chi connectivity index (χ0) is 23.4. The maximum Gasteiger partial charge on any atom is 0.0848 e. The van der Waals surface area contributed by atoms with Gasteiger partial charge in [-0.15, -0.1) is 0 Å². The van der Waals surface area contributed by atoms with Gasteiger partial charge in [0.1, 0.15) is 0 Å². The highest BCUT2D eigenvalue weighted by Crippen LogP contribution is 2.78. The molecule has 6 rings (SSSR count). The molecule has 3 saturated heterocycles. The molecule has 0 aromatic rings. The smallest absolute Gasteiger partial charge is 0.0848 e. The normalized spacial score (nSPS) is 54.6. The van der Waals surface area contributed by atoms with Crippen molar-refractivity contribution in [3.8, 4) is 0 Å². The van der Waals surface area contributed by atoms with E-state index in [1.165, 1.54) is 0 Å². The third-order valence-corrected chi connectivity index (χ3v) is 11.9. The standard InChI is InChI=1S/C27H44O6/c1-5-27(24(15(2)28)9-6-18-21(12-24)31-18,25(16(3)29)10-7-19-22(13-25)32-19)26(17(4)30)11-8-20-23(14-26)33-20/h15-23,28-30H,5-14H2,1-4H3. The quantitative estimate of drug-likeness (QED) is 0.500. The number of fused-ring (bicyclic) bond motifs is 3. The van der Waals surface area contributed by atoms with Gasteiger partial charge in [0, 0.05) is 16.2 Å². The first-order chi connectivity index (χ1) is 15.7. The molecule has 3 heterocycles. The molecule has 6 nitrogen and oxygen atoms in total. The molecule has 0 amide bonds. The summed E-state index contributed by atoms with van der Waals surface area (Å²) in [5, 5.41) is 35.3. The minimum Gasteiger partial charge on any atom is -0.393 e. The average molecular weight is 465 g/mol. The third-order valence-electron chi connectivity index (χ3n) is 11.9. The molecule has 6 heteroatoms. The lowest BCUT2D eigenvalue weighted by Crippen LogP contribution is -2.72. The zero-order valence-corrected chi connectivity index (χ0v) is 20.8. The zero-order valence-electron chi connectivity index (χ0n) is 20.8. The van der Waals surface area contributed by atoms with Crippen molar-refractivity contribution in [1.29, 1.82) is 0 Å². The van der Waals surface area contributed by atoms with Gasteiger partial charge in [-0.05, 0) is 90.4 Å². The van der Waals surface area contributed by atoms with Gasteiger partial charge in [-0.1, -0.05) is 6.92 Å². The molecule has 3 N–H and O–H groups in total. The van der Waals surface area contributed by atoms with E-state index in [-0.39, 0.29) is 18.3 Å². The highest BCUT2D eigenvalue weighted by Gasteiger charge is 2.77. The van der Waals surface area contributed by atoms with E-state index in [1.54, 1.807) is 0 Å². The van der Waals surface area contributed by atoms with Crippen LogP contribution in [0.3, 0.4) is 0 Å². The number of aliphatic hydroxyl groups excluding tert-OH is 3. The molecule has 0 aromatic heterocycles. The van der Waals surface area contributed by atoms with Gasteiger partial charge in [-0.2, -0.15) is 0 Å². The number of ether oxygens (including phenoxy) is 3. The summed E-state index contributed by atoms with van der Waals surface area (Å²) in [4.78, 5) is 0. The largest absolute Gasteiger partial charge is 0.393 e. The highest BCUT2D eigenvalue weighted by molar-refractivity contribution is 5.25. The van der Waals surface area contributed by atoms with Crippen molar-refractivity contribution in [1.82, 2.24) is 0 Å². The van der Waals surface area contributed by atoms with Gasteiger partial charge in [-0.3, -0.25) is 0 Å². The average Bonchev–Trinajstić information content (AvgIpc) is 3.66. The Morgan fingerprint density at radius 1 is 0.636 bits per heavy atom. The molecule has 12 atom stereocenters. The summed E-state index contributed by atoms with van der Waals surface area (Å²) in [7, 11) is 0. The Labute approximate surface area is 198 Å². The van der Waals surface area contributed by atoms with Crippen LogP contribution in [0.25, 0.3) is 0 Å². The van der Waals surface area contributed by atoms with E-state index in [2.05, 4.69) is 6.92 Å². The molecule has 6 aliphatic rings. The number of aliphatic hydroxyl groups is 3. The van der Waals surface area contributed by atoms with Crippen LogP contribution in [0.15, 0.2) is 0 Å². The van der Waals surface area contributed by atoms with Crippen LogP contribution in [0.2, 0.25) is 0 Å². The summed E-state index contributed by atoms with van der Waals surface area (Å²) in [6, 6.07) is 0. The van der Waals surface area contributed by atoms with Gasteiger partial charge in [-0.25, -0.2) is 0 Å². The minimum atomic E-state index is -0.551. The summed E-state index contributed by atoms with van der Waals surface area (Å²) >= 11 is 0.